The maximum atomic E-state index is 12.6. The monoisotopic (exact) mass is 618 g/mol. The average molecular weight is 619 g/mol. The van der Waals surface area contributed by atoms with Crippen LogP contribution in [-0.4, -0.2) is 59.0 Å². The van der Waals surface area contributed by atoms with Crippen LogP contribution in [0, 0.1) is 0 Å². The van der Waals surface area contributed by atoms with E-state index in [0.29, 0.717) is 12.8 Å². The third-order valence-corrected chi connectivity index (χ3v) is 8.07. The van der Waals surface area contributed by atoms with E-state index in [0.717, 1.165) is 32.1 Å². The lowest BCUT2D eigenvalue weighted by Crippen LogP contribution is -2.46. The highest BCUT2D eigenvalue weighted by atomic mass is 31.2. The van der Waals surface area contributed by atoms with E-state index in [1.165, 1.54) is 70.6 Å². The molecule has 42 heavy (non-hydrogen) atoms. The van der Waals surface area contributed by atoms with Crippen LogP contribution in [0.4, 0.5) is 0 Å². The number of carbonyl (C=O) groups excluding carboxylic acids is 1. The number of aliphatic hydroxyl groups is 2. The Bertz CT molecular complexity index is 736. The van der Waals surface area contributed by atoms with Crippen LogP contribution in [0.25, 0.3) is 0 Å². The summed E-state index contributed by atoms with van der Waals surface area (Å²) >= 11 is 0. The molecule has 0 saturated heterocycles. The van der Waals surface area contributed by atoms with Crippen molar-refractivity contribution in [2.24, 2.45) is 5.73 Å². The van der Waals surface area contributed by atoms with Crippen LogP contribution in [0.2, 0.25) is 0 Å². The molecule has 0 spiro atoms. The van der Waals surface area contributed by atoms with Crippen LogP contribution >= 0.6 is 7.82 Å². The van der Waals surface area contributed by atoms with Crippen LogP contribution in [0.5, 0.6) is 0 Å². The van der Waals surface area contributed by atoms with Crippen molar-refractivity contribution in [1.29, 1.82) is 0 Å². The lowest BCUT2D eigenvalue weighted by Gasteiger charge is -2.24. The minimum Gasteiger partial charge on any atom is -0.393 e. The molecule has 0 rings (SSSR count). The first-order valence-electron chi connectivity index (χ1n) is 16.5. The van der Waals surface area contributed by atoms with Crippen molar-refractivity contribution in [2.45, 2.75) is 154 Å². The van der Waals surface area contributed by atoms with Gasteiger partial charge in [0.1, 0.15) is 0 Å². The highest BCUT2D eigenvalue weighted by Gasteiger charge is 2.27. The number of rotatable bonds is 30. The van der Waals surface area contributed by atoms with Gasteiger partial charge in [-0.1, -0.05) is 122 Å². The van der Waals surface area contributed by atoms with Crippen LogP contribution in [-0.2, 0) is 18.4 Å². The molecular formula is C32H63N2O7P. The Balaban J connectivity index is 4.59. The number of phosphoric acid groups is 1. The fourth-order valence-electron chi connectivity index (χ4n) is 4.54. The van der Waals surface area contributed by atoms with Crippen molar-refractivity contribution in [3.05, 3.63) is 24.3 Å². The van der Waals surface area contributed by atoms with Gasteiger partial charge in [0.25, 0.3) is 0 Å². The summed E-state index contributed by atoms with van der Waals surface area (Å²) in [6.07, 6.45) is 25.6. The fraction of sp³-hybridized carbons (Fsp3) is 0.844. The van der Waals surface area contributed by atoms with Crippen molar-refractivity contribution >= 4 is 13.7 Å². The van der Waals surface area contributed by atoms with Crippen molar-refractivity contribution in [3.63, 3.8) is 0 Å². The number of phosphoric ester groups is 1. The number of nitrogens with one attached hydrogen (secondary N) is 1. The summed E-state index contributed by atoms with van der Waals surface area (Å²) in [5.74, 6) is -0.461. The molecule has 248 valence electrons. The summed E-state index contributed by atoms with van der Waals surface area (Å²) in [6.45, 7) is 3.86. The van der Waals surface area contributed by atoms with Gasteiger partial charge < -0.3 is 26.2 Å². The Morgan fingerprint density at radius 3 is 1.98 bits per heavy atom. The van der Waals surface area contributed by atoms with Gasteiger partial charge in [-0.25, -0.2) is 4.57 Å². The van der Waals surface area contributed by atoms with Gasteiger partial charge in [0.15, 0.2) is 0 Å². The second-order valence-electron chi connectivity index (χ2n) is 11.2. The van der Waals surface area contributed by atoms with Crippen LogP contribution in [0.1, 0.15) is 136 Å². The first-order valence-corrected chi connectivity index (χ1v) is 18.0. The van der Waals surface area contributed by atoms with Gasteiger partial charge in [-0.05, 0) is 32.1 Å². The van der Waals surface area contributed by atoms with E-state index in [-0.39, 0.29) is 19.6 Å². The van der Waals surface area contributed by atoms with E-state index in [1.807, 2.05) is 6.08 Å². The van der Waals surface area contributed by atoms with E-state index in [2.05, 4.69) is 31.3 Å². The smallest absolute Gasteiger partial charge is 0.393 e. The normalized spacial score (nSPS) is 15.7. The molecule has 0 saturated carbocycles. The maximum absolute atomic E-state index is 12.6. The third kappa shape index (κ3) is 26.6. The van der Waals surface area contributed by atoms with Gasteiger partial charge in [-0.3, -0.25) is 13.8 Å². The van der Waals surface area contributed by atoms with Crippen LogP contribution < -0.4 is 11.1 Å². The second kappa shape index (κ2) is 28.7. The molecule has 10 heteroatoms. The van der Waals surface area contributed by atoms with Gasteiger partial charge in [-0.15, -0.1) is 0 Å². The molecule has 0 aliphatic rings. The zero-order valence-electron chi connectivity index (χ0n) is 26.6. The predicted molar refractivity (Wildman–Crippen MR) is 172 cm³/mol. The Hall–Kier alpha value is -1.06. The Kier molecular flexibility index (Phi) is 28.0. The van der Waals surface area contributed by atoms with Gasteiger partial charge in [-0.2, -0.15) is 0 Å². The summed E-state index contributed by atoms with van der Waals surface area (Å²) < 4.78 is 21.8. The topological polar surface area (TPSA) is 151 Å². The summed E-state index contributed by atoms with van der Waals surface area (Å²) in [5, 5.41) is 23.7. The molecular weight excluding hydrogens is 555 g/mol. The van der Waals surface area contributed by atoms with Crippen molar-refractivity contribution in [3.8, 4) is 0 Å². The molecule has 9 nitrogen and oxygen atoms in total. The number of aliphatic hydroxyl groups excluding tert-OH is 2. The summed E-state index contributed by atoms with van der Waals surface area (Å²) in [4.78, 5) is 22.5. The first-order chi connectivity index (χ1) is 20.3. The summed E-state index contributed by atoms with van der Waals surface area (Å²) in [6, 6.07) is -0.991. The molecule has 4 unspecified atom stereocenters. The number of hydrogen-bond acceptors (Lipinski definition) is 7. The maximum Gasteiger partial charge on any atom is 0.472 e. The van der Waals surface area contributed by atoms with Gasteiger partial charge in [0.2, 0.25) is 5.91 Å². The molecule has 0 bridgehead atoms. The van der Waals surface area contributed by atoms with E-state index in [1.54, 1.807) is 6.08 Å². The zero-order chi connectivity index (χ0) is 31.3. The van der Waals surface area contributed by atoms with Gasteiger partial charge in [0.05, 0.1) is 37.9 Å². The largest absolute Gasteiger partial charge is 0.472 e. The lowest BCUT2D eigenvalue weighted by atomic mass is 10.0. The molecule has 0 fully saturated rings. The van der Waals surface area contributed by atoms with E-state index in [4.69, 9.17) is 14.8 Å². The number of allylic oxidation sites excluding steroid dienone is 3. The summed E-state index contributed by atoms with van der Waals surface area (Å²) in [7, 11) is -4.39. The number of hydrogen-bond donors (Lipinski definition) is 5. The molecule has 0 aliphatic heterocycles. The lowest BCUT2D eigenvalue weighted by molar-refractivity contribution is -0.124. The highest BCUT2D eigenvalue weighted by molar-refractivity contribution is 7.47. The predicted octanol–water partition coefficient (Wildman–Crippen LogP) is 6.85. The number of carbonyl (C=O) groups is 1. The van der Waals surface area contributed by atoms with Gasteiger partial charge >= 0.3 is 7.82 Å². The highest BCUT2D eigenvalue weighted by Crippen LogP contribution is 2.43. The molecule has 0 aromatic carbocycles. The molecule has 0 heterocycles. The Morgan fingerprint density at radius 2 is 1.36 bits per heavy atom. The fourth-order valence-corrected chi connectivity index (χ4v) is 5.30. The minimum atomic E-state index is -4.39. The molecule has 4 atom stereocenters. The van der Waals surface area contributed by atoms with Crippen molar-refractivity contribution in [1.82, 2.24) is 5.32 Å². The number of unbranched alkanes of at least 4 members (excludes halogenated alkanes) is 14. The quantitative estimate of drug-likeness (QED) is 0.0333. The van der Waals surface area contributed by atoms with Crippen molar-refractivity contribution < 1.29 is 33.5 Å². The second-order valence-corrected chi connectivity index (χ2v) is 12.7. The van der Waals surface area contributed by atoms with Gasteiger partial charge in [0, 0.05) is 6.54 Å². The number of amides is 1. The van der Waals surface area contributed by atoms with Crippen LogP contribution in [0.15, 0.2) is 24.3 Å². The van der Waals surface area contributed by atoms with E-state index < -0.39 is 38.6 Å². The Morgan fingerprint density at radius 1 is 0.810 bits per heavy atom. The molecule has 0 aromatic heterocycles. The molecule has 0 aliphatic carbocycles. The SMILES string of the molecule is CCCCCC/C=C/CC/C=C/C(O)C(COP(=O)(O)OCCN)NC(=O)CC(O)CCCCCCCCCCCC. The molecule has 6 N–H and O–H groups in total. The summed E-state index contributed by atoms with van der Waals surface area (Å²) in [5.41, 5.74) is 5.32. The van der Waals surface area contributed by atoms with E-state index in [9.17, 15) is 24.5 Å². The average Bonchev–Trinajstić information content (AvgIpc) is 2.96. The Labute approximate surface area is 256 Å². The zero-order valence-corrected chi connectivity index (χ0v) is 27.5. The van der Waals surface area contributed by atoms with E-state index >= 15 is 0 Å². The third-order valence-electron chi connectivity index (χ3n) is 7.08. The molecule has 0 aromatic rings. The van der Waals surface area contributed by atoms with Crippen LogP contribution in [0.3, 0.4) is 0 Å². The molecule has 1 amide bonds. The number of nitrogens with two attached hydrogens (primary N) is 1. The minimum absolute atomic E-state index is 0.0452. The van der Waals surface area contributed by atoms with Crippen molar-refractivity contribution in [2.75, 3.05) is 19.8 Å². The standard InChI is InChI=1S/C32H63N2O7P/c1-3-5-7-9-11-13-15-17-19-21-23-29(35)27-32(37)34-30(28-41-42(38,39)40-26-25-33)31(36)24-22-20-18-16-14-12-10-8-6-4-2/h14,16,22,24,29-31,35-36H,3-13,15,17-21,23,25-28,33H2,1-2H3,(H,34,37)(H,38,39)/b16-14+,24-22+. The first kappa shape index (κ1) is 40.9. The molecule has 0 radical (unpaired) electrons.